The molecule has 0 unspecified atom stereocenters. The fourth-order valence-electron chi connectivity index (χ4n) is 2.53. The molecule has 1 aliphatic rings. The van der Waals surface area contributed by atoms with Gasteiger partial charge in [0.1, 0.15) is 0 Å². The second kappa shape index (κ2) is 7.81. The van der Waals surface area contributed by atoms with Gasteiger partial charge in [-0.05, 0) is 44.1 Å². The molecule has 1 aromatic carbocycles. The van der Waals surface area contributed by atoms with Gasteiger partial charge in [-0.2, -0.15) is 0 Å². The van der Waals surface area contributed by atoms with Crippen LogP contribution in [-0.4, -0.2) is 43.4 Å². The summed E-state index contributed by atoms with van der Waals surface area (Å²) in [6.45, 7) is 1.79. The number of hydrogen-bond donors (Lipinski definition) is 2. The van der Waals surface area contributed by atoms with Crippen molar-refractivity contribution in [1.29, 1.82) is 0 Å². The number of carbonyl (C=O) groups excluding carboxylic acids is 2. The van der Waals surface area contributed by atoms with E-state index in [9.17, 15) is 9.59 Å². The molecule has 7 heteroatoms. The molecule has 0 bridgehead atoms. The van der Waals surface area contributed by atoms with Gasteiger partial charge in [0.25, 0.3) is 0 Å². The molecule has 2 rings (SSSR count). The van der Waals surface area contributed by atoms with Gasteiger partial charge >= 0.3 is 0 Å². The molecule has 1 fully saturated rings. The van der Waals surface area contributed by atoms with E-state index in [0.717, 1.165) is 25.9 Å². The lowest BCUT2D eigenvalue weighted by Gasteiger charge is -2.30. The third-order valence-electron chi connectivity index (χ3n) is 3.78. The molecule has 5 nitrogen and oxygen atoms in total. The molecule has 0 aromatic heterocycles. The smallest absolute Gasteiger partial charge is 0.238 e. The molecular weight excluding hydrogens is 325 g/mol. The fourth-order valence-corrected chi connectivity index (χ4v) is 2.83. The van der Waals surface area contributed by atoms with Crippen molar-refractivity contribution in [2.45, 2.75) is 12.8 Å². The fraction of sp³-hybridized carbons (Fsp3) is 0.467. The molecule has 1 heterocycles. The van der Waals surface area contributed by atoms with E-state index >= 15 is 0 Å². The lowest BCUT2D eigenvalue weighted by atomic mass is 9.96. The maximum Gasteiger partial charge on any atom is 0.238 e. The van der Waals surface area contributed by atoms with Gasteiger partial charge in [-0.1, -0.05) is 23.2 Å². The highest BCUT2D eigenvalue weighted by Crippen LogP contribution is 2.25. The Hall–Kier alpha value is -1.30. The molecule has 22 heavy (non-hydrogen) atoms. The summed E-state index contributed by atoms with van der Waals surface area (Å²) in [4.78, 5) is 25.7. The van der Waals surface area contributed by atoms with E-state index in [1.54, 1.807) is 25.2 Å². The molecule has 0 radical (unpaired) electrons. The summed E-state index contributed by atoms with van der Waals surface area (Å²) in [7, 11) is 1.65. The Labute approximate surface area is 139 Å². The van der Waals surface area contributed by atoms with Crippen molar-refractivity contribution in [3.63, 3.8) is 0 Å². The summed E-state index contributed by atoms with van der Waals surface area (Å²) in [5.41, 5.74) is 0.625. The molecule has 0 aliphatic carbocycles. The van der Waals surface area contributed by atoms with Crippen LogP contribution in [-0.2, 0) is 9.59 Å². The van der Waals surface area contributed by atoms with Crippen LogP contribution in [0.3, 0.4) is 0 Å². The summed E-state index contributed by atoms with van der Waals surface area (Å²) in [5.74, 6) is 0.0380. The number of rotatable bonds is 4. The molecule has 2 amide bonds. The number of benzene rings is 1. The molecular formula is C15H19Cl2N3O2. The van der Waals surface area contributed by atoms with Crippen molar-refractivity contribution < 1.29 is 9.59 Å². The first kappa shape index (κ1) is 17.1. The predicted molar refractivity (Wildman–Crippen MR) is 88.3 cm³/mol. The van der Waals surface area contributed by atoms with Crippen LogP contribution in [0.1, 0.15) is 12.8 Å². The number of halogens is 2. The zero-order valence-electron chi connectivity index (χ0n) is 12.4. The highest BCUT2D eigenvalue weighted by molar-refractivity contribution is 6.42. The van der Waals surface area contributed by atoms with Crippen molar-refractivity contribution in [3.05, 3.63) is 28.2 Å². The van der Waals surface area contributed by atoms with Crippen molar-refractivity contribution in [2.24, 2.45) is 5.92 Å². The number of anilines is 1. The highest BCUT2D eigenvalue weighted by atomic mass is 35.5. The minimum atomic E-state index is -0.100. The normalized spacial score (nSPS) is 16.3. The van der Waals surface area contributed by atoms with Gasteiger partial charge in [-0.3, -0.25) is 14.5 Å². The molecule has 0 atom stereocenters. The van der Waals surface area contributed by atoms with Crippen LogP contribution in [0, 0.1) is 5.92 Å². The van der Waals surface area contributed by atoms with Crippen LogP contribution >= 0.6 is 23.2 Å². The van der Waals surface area contributed by atoms with Crippen LogP contribution in [0.25, 0.3) is 0 Å². The third-order valence-corrected chi connectivity index (χ3v) is 4.51. The molecule has 1 aromatic rings. The molecule has 120 valence electrons. The lowest BCUT2D eigenvalue weighted by Crippen LogP contribution is -2.42. The Balaban J connectivity index is 1.80. The Kier molecular flexibility index (Phi) is 6.06. The van der Waals surface area contributed by atoms with Crippen LogP contribution in [0.2, 0.25) is 10.0 Å². The van der Waals surface area contributed by atoms with E-state index in [2.05, 4.69) is 10.6 Å². The monoisotopic (exact) mass is 343 g/mol. The summed E-state index contributed by atoms with van der Waals surface area (Å²) in [6.07, 6.45) is 1.56. The Morgan fingerprint density at radius 1 is 1.23 bits per heavy atom. The molecule has 0 saturated carbocycles. The van der Waals surface area contributed by atoms with E-state index in [-0.39, 0.29) is 17.7 Å². The predicted octanol–water partition coefficient (Wildman–Crippen LogP) is 2.39. The Bertz CT molecular complexity index is 558. The highest BCUT2D eigenvalue weighted by Gasteiger charge is 2.25. The average Bonchev–Trinajstić information content (AvgIpc) is 2.51. The topological polar surface area (TPSA) is 61.4 Å². The van der Waals surface area contributed by atoms with Gasteiger partial charge in [0.15, 0.2) is 0 Å². The number of carbonyl (C=O) groups is 2. The van der Waals surface area contributed by atoms with Crippen LogP contribution in [0.5, 0.6) is 0 Å². The number of piperidine rings is 1. The second-order valence-corrected chi connectivity index (χ2v) is 6.16. The lowest BCUT2D eigenvalue weighted by molar-refractivity contribution is -0.126. The summed E-state index contributed by atoms with van der Waals surface area (Å²) in [6, 6.07) is 4.98. The van der Waals surface area contributed by atoms with Gasteiger partial charge in [0.2, 0.25) is 11.8 Å². The standard InChI is InChI=1S/C15H19Cl2N3O2/c1-18-15(22)10-4-6-20(7-5-10)9-14(21)19-11-2-3-12(16)13(17)8-11/h2-3,8,10H,4-7,9H2,1H3,(H,18,22)(H,19,21). The van der Waals surface area contributed by atoms with E-state index in [0.29, 0.717) is 22.3 Å². The van der Waals surface area contributed by atoms with Crippen LogP contribution in [0.4, 0.5) is 5.69 Å². The maximum absolute atomic E-state index is 12.0. The summed E-state index contributed by atoms with van der Waals surface area (Å²) < 4.78 is 0. The number of likely N-dealkylation sites (tertiary alicyclic amines) is 1. The minimum absolute atomic E-state index is 0.0550. The quantitative estimate of drug-likeness (QED) is 0.882. The second-order valence-electron chi connectivity index (χ2n) is 5.34. The van der Waals surface area contributed by atoms with E-state index < -0.39 is 0 Å². The first-order valence-corrected chi connectivity index (χ1v) is 7.94. The van der Waals surface area contributed by atoms with Crippen LogP contribution < -0.4 is 10.6 Å². The van der Waals surface area contributed by atoms with Crippen molar-refractivity contribution in [3.8, 4) is 0 Å². The maximum atomic E-state index is 12.0. The van der Waals surface area contributed by atoms with Gasteiger partial charge < -0.3 is 10.6 Å². The molecule has 1 aliphatic heterocycles. The van der Waals surface area contributed by atoms with E-state index in [1.807, 2.05) is 4.90 Å². The average molecular weight is 344 g/mol. The summed E-state index contributed by atoms with van der Waals surface area (Å²) in [5, 5.41) is 6.33. The summed E-state index contributed by atoms with van der Waals surface area (Å²) >= 11 is 11.8. The number of amides is 2. The molecule has 1 saturated heterocycles. The van der Waals surface area contributed by atoms with Crippen molar-refractivity contribution in [2.75, 3.05) is 32.0 Å². The van der Waals surface area contributed by atoms with Gasteiger partial charge in [-0.15, -0.1) is 0 Å². The van der Waals surface area contributed by atoms with Crippen LogP contribution in [0.15, 0.2) is 18.2 Å². The van der Waals surface area contributed by atoms with Crippen molar-refractivity contribution >= 4 is 40.7 Å². The first-order chi connectivity index (χ1) is 10.5. The zero-order valence-corrected chi connectivity index (χ0v) is 13.9. The zero-order chi connectivity index (χ0) is 16.1. The minimum Gasteiger partial charge on any atom is -0.359 e. The number of hydrogen-bond acceptors (Lipinski definition) is 3. The van der Waals surface area contributed by atoms with Crippen molar-refractivity contribution in [1.82, 2.24) is 10.2 Å². The number of nitrogens with zero attached hydrogens (tertiary/aromatic N) is 1. The molecule has 2 N–H and O–H groups in total. The van der Waals surface area contributed by atoms with E-state index in [4.69, 9.17) is 23.2 Å². The largest absolute Gasteiger partial charge is 0.359 e. The first-order valence-electron chi connectivity index (χ1n) is 7.18. The van der Waals surface area contributed by atoms with Gasteiger partial charge in [0, 0.05) is 18.7 Å². The Morgan fingerprint density at radius 3 is 2.50 bits per heavy atom. The number of nitrogens with one attached hydrogen (secondary N) is 2. The van der Waals surface area contributed by atoms with Gasteiger partial charge in [-0.25, -0.2) is 0 Å². The van der Waals surface area contributed by atoms with E-state index in [1.165, 1.54) is 0 Å². The Morgan fingerprint density at radius 2 is 1.91 bits per heavy atom. The molecule has 0 spiro atoms. The third kappa shape index (κ3) is 4.60. The SMILES string of the molecule is CNC(=O)C1CCN(CC(=O)Nc2ccc(Cl)c(Cl)c2)CC1. The van der Waals surface area contributed by atoms with Gasteiger partial charge in [0.05, 0.1) is 16.6 Å².